The first-order valence-corrected chi connectivity index (χ1v) is 8.72. The molecule has 2 aromatic carbocycles. The zero-order chi connectivity index (χ0) is 19.4. The number of rotatable bonds is 6. The molecule has 3 rings (SSSR count). The second kappa shape index (κ2) is 7.96. The van der Waals surface area contributed by atoms with E-state index in [1.165, 1.54) is 12.1 Å². The van der Waals surface area contributed by atoms with Crippen molar-refractivity contribution >= 4 is 35.0 Å². The third-order valence-electron chi connectivity index (χ3n) is 3.70. The summed E-state index contributed by atoms with van der Waals surface area (Å²) in [5.74, 6) is -1.60. The van der Waals surface area contributed by atoms with Gasteiger partial charge in [0.05, 0.1) is 4.91 Å². The third-order valence-corrected chi connectivity index (χ3v) is 4.61. The number of amides is 2. The molecule has 0 bridgehead atoms. The predicted molar refractivity (Wildman–Crippen MR) is 99.2 cm³/mol. The van der Waals surface area contributed by atoms with E-state index in [0.717, 1.165) is 5.56 Å². The minimum absolute atomic E-state index is 0.0387. The zero-order valence-corrected chi connectivity index (χ0v) is 14.8. The van der Waals surface area contributed by atoms with Gasteiger partial charge in [0.25, 0.3) is 11.1 Å². The maximum absolute atomic E-state index is 12.2. The molecular formula is C19H15NO6S. The van der Waals surface area contributed by atoms with Crippen LogP contribution >= 0.6 is 11.8 Å². The van der Waals surface area contributed by atoms with Crippen LogP contribution in [0.5, 0.6) is 11.5 Å². The van der Waals surface area contributed by atoms with Crippen molar-refractivity contribution in [2.75, 3.05) is 6.54 Å². The highest BCUT2D eigenvalue weighted by Crippen LogP contribution is 2.34. The number of hydrogen-bond acceptors (Lipinski definition) is 6. The van der Waals surface area contributed by atoms with E-state index in [-0.39, 0.29) is 10.7 Å². The highest BCUT2D eigenvalue weighted by Gasteiger charge is 2.36. The molecule has 2 amide bonds. The monoisotopic (exact) mass is 385 g/mol. The number of thioether (sulfide) groups is 1. The number of nitrogens with zero attached hydrogens (tertiary/aromatic N) is 1. The lowest BCUT2D eigenvalue weighted by Crippen LogP contribution is -2.33. The summed E-state index contributed by atoms with van der Waals surface area (Å²) in [6.07, 6.45) is 1.34. The number of aliphatic carboxylic acids is 1. The molecule has 1 saturated heterocycles. The SMILES string of the molecule is O=C(O)CN1C(=O)S/C(=C\c2cc(OCc3ccccc3)ccc2O)C1=O. The molecule has 0 aliphatic carbocycles. The van der Waals surface area contributed by atoms with E-state index in [1.54, 1.807) is 12.1 Å². The fourth-order valence-corrected chi connectivity index (χ4v) is 3.22. The maximum atomic E-state index is 12.2. The van der Waals surface area contributed by atoms with Gasteiger partial charge >= 0.3 is 5.97 Å². The molecule has 1 fully saturated rings. The van der Waals surface area contributed by atoms with Crippen LogP contribution in [0.15, 0.2) is 53.4 Å². The van der Waals surface area contributed by atoms with Gasteiger partial charge in [-0.25, -0.2) is 0 Å². The molecule has 1 aliphatic heterocycles. The Bertz CT molecular complexity index is 925. The van der Waals surface area contributed by atoms with Crippen LogP contribution in [0.2, 0.25) is 0 Å². The molecule has 8 heteroatoms. The summed E-state index contributed by atoms with van der Waals surface area (Å²) in [6.45, 7) is -0.367. The highest BCUT2D eigenvalue weighted by atomic mass is 32.2. The van der Waals surface area contributed by atoms with Crippen molar-refractivity contribution in [3.05, 3.63) is 64.6 Å². The average molecular weight is 385 g/mol. The molecule has 0 spiro atoms. The van der Waals surface area contributed by atoms with E-state index >= 15 is 0 Å². The number of imide groups is 1. The Hall–Kier alpha value is -3.26. The number of phenolic OH excluding ortho intramolecular Hbond substituents is 1. The van der Waals surface area contributed by atoms with Crippen LogP contribution in [0.4, 0.5) is 4.79 Å². The van der Waals surface area contributed by atoms with Gasteiger partial charge in [0.1, 0.15) is 24.7 Å². The molecule has 2 aromatic rings. The number of hydrogen-bond donors (Lipinski definition) is 2. The molecule has 0 radical (unpaired) electrons. The lowest BCUT2D eigenvalue weighted by molar-refractivity contribution is -0.140. The van der Waals surface area contributed by atoms with Gasteiger partial charge < -0.3 is 14.9 Å². The summed E-state index contributed by atoms with van der Waals surface area (Å²) in [5.41, 5.74) is 1.27. The topological polar surface area (TPSA) is 104 Å². The second-order valence-corrected chi connectivity index (χ2v) is 6.65. The molecule has 27 heavy (non-hydrogen) atoms. The molecule has 0 unspecified atom stereocenters. The standard InChI is InChI=1S/C19H15NO6S/c21-15-7-6-14(26-11-12-4-2-1-3-5-12)8-13(15)9-16-18(24)20(10-17(22)23)19(25)27-16/h1-9,21H,10-11H2,(H,22,23)/b16-9-. The number of carboxylic acids is 1. The Balaban J connectivity index is 1.78. The van der Waals surface area contributed by atoms with E-state index in [9.17, 15) is 19.5 Å². The van der Waals surface area contributed by atoms with Crippen LogP contribution in [0.3, 0.4) is 0 Å². The summed E-state index contributed by atoms with van der Waals surface area (Å²) in [6, 6.07) is 14.1. The number of carbonyl (C=O) groups is 3. The first kappa shape index (κ1) is 18.5. The molecular weight excluding hydrogens is 370 g/mol. The molecule has 1 aliphatic rings. The smallest absolute Gasteiger partial charge is 0.323 e. The molecule has 0 aromatic heterocycles. The van der Waals surface area contributed by atoms with Crippen LogP contribution in [0.1, 0.15) is 11.1 Å². The summed E-state index contributed by atoms with van der Waals surface area (Å²) in [5, 5.41) is 18.2. The molecule has 1 heterocycles. The zero-order valence-electron chi connectivity index (χ0n) is 14.0. The largest absolute Gasteiger partial charge is 0.507 e. The molecule has 2 N–H and O–H groups in total. The minimum Gasteiger partial charge on any atom is -0.507 e. The van der Waals surface area contributed by atoms with E-state index in [0.29, 0.717) is 34.6 Å². The van der Waals surface area contributed by atoms with Gasteiger partial charge in [0.2, 0.25) is 0 Å². The second-order valence-electron chi connectivity index (χ2n) is 5.66. The van der Waals surface area contributed by atoms with Gasteiger partial charge in [0, 0.05) is 5.56 Å². The van der Waals surface area contributed by atoms with Gasteiger partial charge in [-0.05, 0) is 41.6 Å². The summed E-state index contributed by atoms with van der Waals surface area (Å²) < 4.78 is 5.69. The van der Waals surface area contributed by atoms with E-state index in [2.05, 4.69) is 0 Å². The van der Waals surface area contributed by atoms with Crippen LogP contribution < -0.4 is 4.74 Å². The van der Waals surface area contributed by atoms with Crippen LogP contribution in [-0.4, -0.2) is 38.8 Å². The van der Waals surface area contributed by atoms with Crippen molar-refractivity contribution in [3.63, 3.8) is 0 Å². The van der Waals surface area contributed by atoms with Crippen molar-refractivity contribution in [1.29, 1.82) is 0 Å². The number of benzene rings is 2. The lowest BCUT2D eigenvalue weighted by atomic mass is 10.1. The van der Waals surface area contributed by atoms with Crippen molar-refractivity contribution in [2.45, 2.75) is 6.61 Å². The molecule has 138 valence electrons. The Morgan fingerprint density at radius 1 is 1.15 bits per heavy atom. The molecule has 7 nitrogen and oxygen atoms in total. The van der Waals surface area contributed by atoms with Gasteiger partial charge in [-0.3, -0.25) is 19.3 Å². The van der Waals surface area contributed by atoms with Gasteiger partial charge in [0.15, 0.2) is 0 Å². The molecule has 0 atom stereocenters. The van der Waals surface area contributed by atoms with Crippen molar-refractivity contribution < 1.29 is 29.3 Å². The summed E-state index contributed by atoms with van der Waals surface area (Å²) >= 11 is 0.627. The Morgan fingerprint density at radius 2 is 1.89 bits per heavy atom. The van der Waals surface area contributed by atoms with Crippen LogP contribution in [0, 0.1) is 0 Å². The van der Waals surface area contributed by atoms with Crippen LogP contribution in [-0.2, 0) is 16.2 Å². The van der Waals surface area contributed by atoms with E-state index in [4.69, 9.17) is 9.84 Å². The number of carboxylic acid groups (broad SMARTS) is 1. The van der Waals surface area contributed by atoms with Crippen molar-refractivity contribution in [2.24, 2.45) is 0 Å². The lowest BCUT2D eigenvalue weighted by Gasteiger charge is -2.09. The fourth-order valence-electron chi connectivity index (χ4n) is 2.39. The molecule has 0 saturated carbocycles. The Labute approximate surface area is 158 Å². The highest BCUT2D eigenvalue weighted by molar-refractivity contribution is 8.18. The summed E-state index contributed by atoms with van der Waals surface area (Å²) in [7, 11) is 0. The summed E-state index contributed by atoms with van der Waals surface area (Å²) in [4.78, 5) is 35.5. The van der Waals surface area contributed by atoms with E-state index in [1.807, 2.05) is 30.3 Å². The maximum Gasteiger partial charge on any atom is 0.323 e. The predicted octanol–water partition coefficient (Wildman–Crippen LogP) is 3.09. The van der Waals surface area contributed by atoms with Gasteiger partial charge in [-0.1, -0.05) is 30.3 Å². The normalized spacial score (nSPS) is 15.4. The number of phenols is 1. The Morgan fingerprint density at radius 3 is 2.59 bits per heavy atom. The van der Waals surface area contributed by atoms with E-state index < -0.39 is 23.7 Å². The minimum atomic E-state index is -1.28. The number of carbonyl (C=O) groups excluding carboxylic acids is 2. The first-order chi connectivity index (χ1) is 12.9. The first-order valence-electron chi connectivity index (χ1n) is 7.91. The van der Waals surface area contributed by atoms with Crippen molar-refractivity contribution in [3.8, 4) is 11.5 Å². The van der Waals surface area contributed by atoms with Gasteiger partial charge in [-0.2, -0.15) is 0 Å². The average Bonchev–Trinajstić information content (AvgIpc) is 2.90. The van der Waals surface area contributed by atoms with Crippen molar-refractivity contribution in [1.82, 2.24) is 4.90 Å². The Kier molecular flexibility index (Phi) is 5.46. The fraction of sp³-hybridized carbons (Fsp3) is 0.105. The van der Waals surface area contributed by atoms with Crippen LogP contribution in [0.25, 0.3) is 6.08 Å². The number of aromatic hydroxyl groups is 1. The number of ether oxygens (including phenoxy) is 1. The van der Waals surface area contributed by atoms with Gasteiger partial charge in [-0.15, -0.1) is 0 Å². The third kappa shape index (κ3) is 4.48. The quantitative estimate of drug-likeness (QED) is 0.736.